The third-order valence-corrected chi connectivity index (χ3v) is 3.15. The average molecular weight is 311 g/mol. The van der Waals surface area contributed by atoms with Crippen LogP contribution in [0.5, 0.6) is 5.75 Å². The van der Waals surface area contributed by atoms with Crippen molar-refractivity contribution < 1.29 is 13.9 Å². The van der Waals surface area contributed by atoms with Gasteiger partial charge in [0.1, 0.15) is 11.6 Å². The number of methoxy groups -OCH3 is 1. The quantitative estimate of drug-likeness (QED) is 0.439. The van der Waals surface area contributed by atoms with Crippen LogP contribution < -0.4 is 15.4 Å². The van der Waals surface area contributed by atoms with E-state index in [2.05, 4.69) is 15.6 Å². The van der Waals surface area contributed by atoms with Crippen molar-refractivity contribution in [2.45, 2.75) is 25.9 Å². The smallest absolute Gasteiger partial charge is 0.191 e. The fourth-order valence-corrected chi connectivity index (χ4v) is 1.59. The predicted octanol–water partition coefficient (Wildman–Crippen LogP) is 2.18. The molecule has 0 radical (unpaired) electrons. The fourth-order valence-electron chi connectivity index (χ4n) is 1.59. The van der Waals surface area contributed by atoms with Gasteiger partial charge in [-0.1, -0.05) is 0 Å². The Morgan fingerprint density at radius 1 is 1.23 bits per heavy atom. The molecular formula is C16H26FN3O2. The van der Waals surface area contributed by atoms with Crippen LogP contribution in [0.15, 0.2) is 29.3 Å². The Kier molecular flexibility index (Phi) is 7.66. The molecule has 5 nitrogen and oxygen atoms in total. The highest BCUT2D eigenvalue weighted by Gasteiger charge is 2.16. The molecule has 0 spiro atoms. The number of nitrogens with one attached hydrogen (secondary N) is 2. The van der Waals surface area contributed by atoms with Crippen LogP contribution in [0, 0.1) is 5.82 Å². The van der Waals surface area contributed by atoms with Gasteiger partial charge in [0.25, 0.3) is 0 Å². The molecule has 1 aromatic carbocycles. The second-order valence-corrected chi connectivity index (χ2v) is 5.47. The van der Waals surface area contributed by atoms with Crippen molar-refractivity contribution >= 4 is 5.96 Å². The molecule has 0 amide bonds. The predicted molar refractivity (Wildman–Crippen MR) is 87.0 cm³/mol. The molecule has 0 unspecified atom stereocenters. The van der Waals surface area contributed by atoms with E-state index in [4.69, 9.17) is 9.47 Å². The molecule has 0 saturated heterocycles. The SMILES string of the molecule is CN=C(NCCCOc1ccc(F)cc1)NCC(C)(C)OC. The van der Waals surface area contributed by atoms with Crippen LogP contribution in [-0.4, -0.2) is 45.4 Å². The average Bonchev–Trinajstić information content (AvgIpc) is 2.51. The normalized spacial score (nSPS) is 12.1. The van der Waals surface area contributed by atoms with Crippen LogP contribution in [0.2, 0.25) is 0 Å². The van der Waals surface area contributed by atoms with Gasteiger partial charge in [-0.05, 0) is 44.5 Å². The molecule has 124 valence electrons. The van der Waals surface area contributed by atoms with E-state index in [9.17, 15) is 4.39 Å². The zero-order valence-electron chi connectivity index (χ0n) is 13.8. The second-order valence-electron chi connectivity index (χ2n) is 5.47. The number of ether oxygens (including phenoxy) is 2. The lowest BCUT2D eigenvalue weighted by Crippen LogP contribution is -2.45. The maximum absolute atomic E-state index is 12.7. The van der Waals surface area contributed by atoms with Gasteiger partial charge in [-0.15, -0.1) is 0 Å². The lowest BCUT2D eigenvalue weighted by atomic mass is 10.1. The summed E-state index contributed by atoms with van der Waals surface area (Å²) in [5, 5.41) is 6.41. The number of nitrogens with zero attached hydrogens (tertiary/aromatic N) is 1. The molecular weight excluding hydrogens is 285 g/mol. The Bertz CT molecular complexity index is 461. The Morgan fingerprint density at radius 3 is 2.50 bits per heavy atom. The third kappa shape index (κ3) is 7.26. The maximum atomic E-state index is 12.7. The minimum absolute atomic E-state index is 0.247. The third-order valence-electron chi connectivity index (χ3n) is 3.15. The molecule has 0 aliphatic heterocycles. The van der Waals surface area contributed by atoms with Crippen molar-refractivity contribution in [3.63, 3.8) is 0 Å². The first-order valence-corrected chi connectivity index (χ1v) is 7.35. The Balaban J connectivity index is 2.18. The minimum Gasteiger partial charge on any atom is -0.494 e. The Hall–Kier alpha value is -1.82. The molecule has 0 saturated carbocycles. The van der Waals surface area contributed by atoms with Gasteiger partial charge in [0.2, 0.25) is 0 Å². The van der Waals surface area contributed by atoms with Crippen molar-refractivity contribution in [1.29, 1.82) is 0 Å². The van der Waals surface area contributed by atoms with Crippen molar-refractivity contribution in [3.05, 3.63) is 30.1 Å². The van der Waals surface area contributed by atoms with Gasteiger partial charge in [-0.2, -0.15) is 0 Å². The Labute approximate surface area is 131 Å². The zero-order valence-corrected chi connectivity index (χ0v) is 13.8. The molecule has 1 rings (SSSR count). The van der Waals surface area contributed by atoms with Crippen LogP contribution in [0.3, 0.4) is 0 Å². The molecule has 0 heterocycles. The van der Waals surface area contributed by atoms with Gasteiger partial charge < -0.3 is 20.1 Å². The number of guanidine groups is 1. The summed E-state index contributed by atoms with van der Waals surface area (Å²) in [5.41, 5.74) is -0.247. The van der Waals surface area contributed by atoms with Crippen molar-refractivity contribution in [2.24, 2.45) is 4.99 Å². The van der Waals surface area contributed by atoms with E-state index in [1.165, 1.54) is 12.1 Å². The maximum Gasteiger partial charge on any atom is 0.191 e. The number of hydrogen-bond donors (Lipinski definition) is 2. The molecule has 6 heteroatoms. The van der Waals surface area contributed by atoms with Gasteiger partial charge in [0.05, 0.1) is 12.2 Å². The molecule has 0 aromatic heterocycles. The van der Waals surface area contributed by atoms with E-state index in [1.54, 1.807) is 26.3 Å². The Morgan fingerprint density at radius 2 is 1.91 bits per heavy atom. The van der Waals surface area contributed by atoms with Crippen molar-refractivity contribution in [3.8, 4) is 5.75 Å². The second kappa shape index (κ2) is 9.25. The van der Waals surface area contributed by atoms with E-state index in [0.29, 0.717) is 18.9 Å². The summed E-state index contributed by atoms with van der Waals surface area (Å²) in [7, 11) is 3.41. The van der Waals surface area contributed by atoms with E-state index in [1.807, 2.05) is 13.8 Å². The molecule has 0 bridgehead atoms. The van der Waals surface area contributed by atoms with Crippen LogP contribution in [0.25, 0.3) is 0 Å². The zero-order chi connectivity index (χ0) is 16.4. The number of hydrogen-bond acceptors (Lipinski definition) is 3. The van der Waals surface area contributed by atoms with Crippen molar-refractivity contribution in [2.75, 3.05) is 33.9 Å². The highest BCUT2D eigenvalue weighted by atomic mass is 19.1. The van der Waals surface area contributed by atoms with Crippen molar-refractivity contribution in [1.82, 2.24) is 10.6 Å². The fraction of sp³-hybridized carbons (Fsp3) is 0.562. The summed E-state index contributed by atoms with van der Waals surface area (Å²) < 4.78 is 23.6. The molecule has 0 aliphatic rings. The van der Waals surface area contributed by atoms with E-state index in [-0.39, 0.29) is 11.4 Å². The number of aliphatic imine (C=N–C) groups is 1. The summed E-state index contributed by atoms with van der Waals surface area (Å²) in [5.74, 6) is 1.14. The molecule has 2 N–H and O–H groups in total. The summed E-state index contributed by atoms with van der Waals surface area (Å²) in [4.78, 5) is 4.15. The number of rotatable bonds is 8. The first-order valence-electron chi connectivity index (χ1n) is 7.35. The summed E-state index contributed by atoms with van der Waals surface area (Å²) in [6, 6.07) is 6.01. The monoisotopic (exact) mass is 311 g/mol. The molecule has 0 atom stereocenters. The van der Waals surface area contributed by atoms with Gasteiger partial charge in [0, 0.05) is 27.2 Å². The molecule has 22 heavy (non-hydrogen) atoms. The largest absolute Gasteiger partial charge is 0.494 e. The lowest BCUT2D eigenvalue weighted by Gasteiger charge is -2.24. The standard InChI is InChI=1S/C16H26FN3O2/c1-16(2,21-4)12-20-15(18-3)19-10-5-11-22-14-8-6-13(17)7-9-14/h6-9H,5,10-12H2,1-4H3,(H2,18,19,20). The van der Waals surface area contributed by atoms with Crippen LogP contribution in [0.4, 0.5) is 4.39 Å². The van der Waals surface area contributed by atoms with Gasteiger partial charge in [-0.3, -0.25) is 4.99 Å². The lowest BCUT2D eigenvalue weighted by molar-refractivity contribution is 0.0268. The number of benzene rings is 1. The molecule has 0 aliphatic carbocycles. The highest BCUT2D eigenvalue weighted by Crippen LogP contribution is 2.10. The minimum atomic E-state index is -0.261. The van der Waals surface area contributed by atoms with Crippen LogP contribution in [0.1, 0.15) is 20.3 Å². The first kappa shape index (κ1) is 18.2. The first-order chi connectivity index (χ1) is 10.5. The molecule has 1 aromatic rings. The van der Waals surface area contributed by atoms with Gasteiger partial charge in [-0.25, -0.2) is 4.39 Å². The molecule has 0 fully saturated rings. The van der Waals surface area contributed by atoms with Gasteiger partial charge >= 0.3 is 0 Å². The van der Waals surface area contributed by atoms with Crippen LogP contribution >= 0.6 is 0 Å². The number of halogens is 1. The van der Waals surface area contributed by atoms with E-state index < -0.39 is 0 Å². The van der Waals surface area contributed by atoms with E-state index in [0.717, 1.165) is 18.9 Å². The van der Waals surface area contributed by atoms with Gasteiger partial charge in [0.15, 0.2) is 5.96 Å². The summed E-state index contributed by atoms with van der Waals surface area (Å²) in [6.45, 7) is 5.95. The topological polar surface area (TPSA) is 54.9 Å². The van der Waals surface area contributed by atoms with Crippen LogP contribution in [-0.2, 0) is 4.74 Å². The summed E-state index contributed by atoms with van der Waals surface area (Å²) in [6.07, 6.45) is 0.811. The summed E-state index contributed by atoms with van der Waals surface area (Å²) >= 11 is 0. The highest BCUT2D eigenvalue weighted by molar-refractivity contribution is 5.79. The van der Waals surface area contributed by atoms with E-state index >= 15 is 0 Å².